The number of carboxylic acids is 1. The number of carboxylic acid groups (broad SMARTS) is 1. The van der Waals surface area contributed by atoms with E-state index < -0.39 is 47.9 Å². The van der Waals surface area contributed by atoms with Crippen molar-refractivity contribution in [1.29, 1.82) is 0 Å². The molecule has 12 heteroatoms. The molecule has 0 aliphatic carbocycles. The zero-order chi connectivity index (χ0) is 28.8. The molecule has 214 valence electrons. The third-order valence-electron chi connectivity index (χ3n) is 6.60. The van der Waals surface area contributed by atoms with Crippen LogP contribution < -0.4 is 27.4 Å². The number of imidazole rings is 1. The molecule has 2 rings (SSSR count). The van der Waals surface area contributed by atoms with Crippen LogP contribution in [0, 0.1) is 5.92 Å². The summed E-state index contributed by atoms with van der Waals surface area (Å²) >= 11 is 0. The van der Waals surface area contributed by atoms with Crippen LogP contribution in [0.25, 0.3) is 0 Å². The number of aliphatic carboxylic acids is 1. The fourth-order valence-corrected chi connectivity index (χ4v) is 4.03. The summed E-state index contributed by atoms with van der Waals surface area (Å²) in [5, 5.41) is 17.6. The molecular weight excluding hydrogens is 502 g/mol. The Morgan fingerprint density at radius 3 is 2.23 bits per heavy atom. The number of hydrogen-bond acceptors (Lipinski definition) is 7. The zero-order valence-electron chi connectivity index (χ0n) is 22.6. The van der Waals surface area contributed by atoms with E-state index in [0.29, 0.717) is 31.5 Å². The standard InChI is InChI=1S/C27H41N7O5/c1-3-17(2)23(27(38)39)34-25(36)21(11-7-8-12-28)32-26(37)22(13-18-9-5-4-6-10-18)33-24(35)20(29)14-19-15-30-16-31-19/h4-6,9-10,15-17,20-23H,3,7-8,11-14,28-29H2,1-2H3,(H,30,31)(H,32,37)(H,33,35)(H,34,36)(H,38,39). The van der Waals surface area contributed by atoms with Gasteiger partial charge in [0, 0.05) is 24.7 Å². The minimum absolute atomic E-state index is 0.164. The van der Waals surface area contributed by atoms with Crippen molar-refractivity contribution >= 4 is 23.7 Å². The molecule has 12 nitrogen and oxygen atoms in total. The smallest absolute Gasteiger partial charge is 0.326 e. The summed E-state index contributed by atoms with van der Waals surface area (Å²) < 4.78 is 0. The summed E-state index contributed by atoms with van der Waals surface area (Å²) in [6.07, 6.45) is 5.38. The average Bonchev–Trinajstić information content (AvgIpc) is 3.43. The molecule has 0 radical (unpaired) electrons. The largest absolute Gasteiger partial charge is 0.480 e. The average molecular weight is 544 g/mol. The summed E-state index contributed by atoms with van der Waals surface area (Å²) in [5.41, 5.74) is 13.2. The molecule has 2 aromatic rings. The Morgan fingerprint density at radius 1 is 0.974 bits per heavy atom. The Morgan fingerprint density at radius 2 is 1.64 bits per heavy atom. The third kappa shape index (κ3) is 10.5. The number of nitrogens with one attached hydrogen (secondary N) is 4. The van der Waals surface area contributed by atoms with E-state index in [4.69, 9.17) is 11.5 Å². The van der Waals surface area contributed by atoms with Crippen LogP contribution in [0.4, 0.5) is 0 Å². The fraction of sp³-hybridized carbons (Fsp3) is 0.519. The molecule has 3 amide bonds. The van der Waals surface area contributed by atoms with E-state index >= 15 is 0 Å². The summed E-state index contributed by atoms with van der Waals surface area (Å²) in [6, 6.07) is 5.05. The SMILES string of the molecule is CCC(C)C(NC(=O)C(CCCCN)NC(=O)C(Cc1ccccc1)NC(=O)C(N)Cc1cnc[nH]1)C(=O)O. The number of aromatic nitrogens is 2. The Balaban J connectivity index is 2.21. The Hall–Kier alpha value is -3.77. The highest BCUT2D eigenvalue weighted by molar-refractivity contribution is 5.94. The van der Waals surface area contributed by atoms with E-state index in [2.05, 4.69) is 25.9 Å². The predicted molar refractivity (Wildman–Crippen MR) is 146 cm³/mol. The van der Waals surface area contributed by atoms with E-state index in [-0.39, 0.29) is 25.2 Å². The molecule has 0 aliphatic heterocycles. The minimum Gasteiger partial charge on any atom is -0.480 e. The number of carbonyl (C=O) groups is 4. The van der Waals surface area contributed by atoms with E-state index in [0.717, 1.165) is 5.56 Å². The number of benzene rings is 1. The monoisotopic (exact) mass is 543 g/mol. The second-order valence-corrected chi connectivity index (χ2v) is 9.69. The molecule has 39 heavy (non-hydrogen) atoms. The second kappa shape index (κ2) is 16.2. The first-order valence-electron chi connectivity index (χ1n) is 13.3. The minimum atomic E-state index is -1.15. The van der Waals surface area contributed by atoms with Gasteiger partial charge in [-0.1, -0.05) is 50.6 Å². The number of nitrogens with zero attached hydrogens (tertiary/aromatic N) is 1. The van der Waals surface area contributed by atoms with Crippen molar-refractivity contribution in [1.82, 2.24) is 25.9 Å². The van der Waals surface area contributed by atoms with Gasteiger partial charge in [-0.25, -0.2) is 9.78 Å². The van der Waals surface area contributed by atoms with Crippen LogP contribution in [0.3, 0.4) is 0 Å². The molecule has 0 fully saturated rings. The molecule has 1 aromatic heterocycles. The summed E-state index contributed by atoms with van der Waals surface area (Å²) in [5.74, 6) is -3.18. The number of unbranched alkanes of at least 4 members (excludes halogenated alkanes) is 1. The lowest BCUT2D eigenvalue weighted by Crippen LogP contribution is -2.58. The topological polar surface area (TPSA) is 205 Å². The van der Waals surface area contributed by atoms with Crippen molar-refractivity contribution in [2.45, 2.75) is 76.5 Å². The van der Waals surface area contributed by atoms with Crippen LogP contribution in [0.15, 0.2) is 42.9 Å². The van der Waals surface area contributed by atoms with E-state index in [9.17, 15) is 24.3 Å². The van der Waals surface area contributed by atoms with E-state index in [1.165, 1.54) is 6.33 Å². The Labute approximate surface area is 228 Å². The molecule has 0 bridgehead atoms. The molecule has 1 heterocycles. The van der Waals surface area contributed by atoms with Crippen molar-refractivity contribution in [3.8, 4) is 0 Å². The maximum atomic E-state index is 13.5. The molecule has 9 N–H and O–H groups in total. The molecule has 5 atom stereocenters. The number of rotatable bonds is 17. The fourth-order valence-electron chi connectivity index (χ4n) is 4.03. The molecule has 0 aliphatic rings. The van der Waals surface area contributed by atoms with Gasteiger partial charge in [0.05, 0.1) is 12.4 Å². The Bertz CT molecular complexity index is 1050. The lowest BCUT2D eigenvalue weighted by molar-refractivity contribution is -0.144. The lowest BCUT2D eigenvalue weighted by Gasteiger charge is -2.26. The molecule has 0 spiro atoms. The van der Waals surface area contributed by atoms with Gasteiger partial charge < -0.3 is 37.5 Å². The Kier molecular flexibility index (Phi) is 13.1. The van der Waals surface area contributed by atoms with Crippen molar-refractivity contribution in [2.75, 3.05) is 6.54 Å². The van der Waals surface area contributed by atoms with Crippen molar-refractivity contribution in [3.63, 3.8) is 0 Å². The number of carbonyl (C=O) groups excluding carboxylic acids is 3. The van der Waals surface area contributed by atoms with Crippen LogP contribution in [-0.2, 0) is 32.0 Å². The van der Waals surface area contributed by atoms with Gasteiger partial charge in [-0.3, -0.25) is 14.4 Å². The summed E-state index contributed by atoms with van der Waals surface area (Å²) in [7, 11) is 0. The van der Waals surface area contributed by atoms with Gasteiger partial charge >= 0.3 is 5.97 Å². The highest BCUT2D eigenvalue weighted by Gasteiger charge is 2.32. The third-order valence-corrected chi connectivity index (χ3v) is 6.60. The highest BCUT2D eigenvalue weighted by Crippen LogP contribution is 2.11. The number of nitrogens with two attached hydrogens (primary N) is 2. The van der Waals surface area contributed by atoms with Gasteiger partial charge in [-0.2, -0.15) is 0 Å². The highest BCUT2D eigenvalue weighted by atomic mass is 16.4. The van der Waals surface area contributed by atoms with Crippen molar-refractivity contribution in [2.24, 2.45) is 17.4 Å². The summed E-state index contributed by atoms with van der Waals surface area (Å²) in [4.78, 5) is 58.1. The van der Waals surface area contributed by atoms with Gasteiger partial charge in [-0.05, 0) is 37.3 Å². The lowest BCUT2D eigenvalue weighted by atomic mass is 9.98. The van der Waals surface area contributed by atoms with Crippen LogP contribution in [-0.4, -0.2) is 69.5 Å². The maximum absolute atomic E-state index is 13.5. The normalized spacial score (nSPS) is 14.9. The first kappa shape index (κ1) is 31.4. The number of hydrogen-bond donors (Lipinski definition) is 7. The van der Waals surface area contributed by atoms with Crippen LogP contribution >= 0.6 is 0 Å². The zero-order valence-corrected chi connectivity index (χ0v) is 22.6. The van der Waals surface area contributed by atoms with Gasteiger partial charge in [0.2, 0.25) is 17.7 Å². The van der Waals surface area contributed by atoms with Gasteiger partial charge in [0.1, 0.15) is 18.1 Å². The van der Waals surface area contributed by atoms with Gasteiger partial charge in [0.15, 0.2) is 0 Å². The molecule has 1 aromatic carbocycles. The quantitative estimate of drug-likeness (QED) is 0.137. The maximum Gasteiger partial charge on any atom is 0.326 e. The van der Waals surface area contributed by atoms with Crippen LogP contribution in [0.5, 0.6) is 0 Å². The van der Waals surface area contributed by atoms with Crippen LogP contribution in [0.2, 0.25) is 0 Å². The summed E-state index contributed by atoms with van der Waals surface area (Å²) in [6.45, 7) is 3.98. The van der Waals surface area contributed by atoms with E-state index in [1.54, 1.807) is 13.1 Å². The molecular formula is C27H41N7O5. The first-order valence-corrected chi connectivity index (χ1v) is 13.3. The number of amides is 3. The van der Waals surface area contributed by atoms with E-state index in [1.807, 2.05) is 37.3 Å². The van der Waals surface area contributed by atoms with Gasteiger partial charge in [0.25, 0.3) is 0 Å². The molecule has 5 unspecified atom stereocenters. The first-order chi connectivity index (χ1) is 18.7. The number of H-pyrrole nitrogens is 1. The van der Waals surface area contributed by atoms with Gasteiger partial charge in [-0.15, -0.1) is 0 Å². The molecule has 0 saturated heterocycles. The van der Waals surface area contributed by atoms with Crippen molar-refractivity contribution in [3.05, 3.63) is 54.1 Å². The number of aromatic amines is 1. The molecule has 0 saturated carbocycles. The predicted octanol–water partition coefficient (Wildman–Crippen LogP) is 0.236. The van der Waals surface area contributed by atoms with Crippen LogP contribution in [0.1, 0.15) is 50.8 Å². The second-order valence-electron chi connectivity index (χ2n) is 9.69. The van der Waals surface area contributed by atoms with Crippen molar-refractivity contribution < 1.29 is 24.3 Å².